The van der Waals surface area contributed by atoms with Gasteiger partial charge in [0.2, 0.25) is 0 Å². The second-order valence-electron chi connectivity index (χ2n) is 2.41. The smallest absolute Gasteiger partial charge is 0.259 e. The Bertz CT molecular complexity index is 151. The Morgan fingerprint density at radius 2 is 2.27 bits per heavy atom. The van der Waals surface area contributed by atoms with Crippen molar-refractivity contribution >= 4 is 22.6 Å². The summed E-state index contributed by atoms with van der Waals surface area (Å²) < 4.78 is 16.3. The monoisotopic (exact) mass is 278 g/mol. The van der Waals surface area contributed by atoms with Gasteiger partial charge >= 0.3 is 0 Å². The zero-order chi connectivity index (χ0) is 8.65. The molecule has 0 aromatic carbocycles. The summed E-state index contributed by atoms with van der Waals surface area (Å²) in [7, 11) is 0. The molecule has 1 rings (SSSR count). The molecule has 0 spiro atoms. The third kappa shape index (κ3) is 1.81. The van der Waals surface area contributed by atoms with E-state index in [1.54, 1.807) is 22.6 Å². The van der Waals surface area contributed by atoms with Gasteiger partial charge in [-0.05, 0) is 22.6 Å². The second kappa shape index (κ2) is 3.09. The lowest BCUT2D eigenvalue weighted by Crippen LogP contribution is -2.42. The highest BCUT2D eigenvalue weighted by Gasteiger charge is 2.50. The van der Waals surface area contributed by atoms with E-state index in [0.717, 1.165) is 0 Å². The topological polar surface area (TPSA) is 69.9 Å². The van der Waals surface area contributed by atoms with Crippen molar-refractivity contribution < 1.29 is 24.4 Å². The second-order valence-corrected chi connectivity index (χ2v) is 3.69. The van der Waals surface area contributed by atoms with Crippen LogP contribution in [0.4, 0.5) is 4.39 Å². The molecule has 4 atom stereocenters. The lowest BCUT2D eigenvalue weighted by Gasteiger charge is -2.18. The molecular weight excluding hydrogens is 270 g/mol. The van der Waals surface area contributed by atoms with Crippen LogP contribution in [0.3, 0.4) is 0 Å². The maximum absolute atomic E-state index is 12.7. The lowest BCUT2D eigenvalue weighted by molar-refractivity contribution is -0.147. The number of hydrogen-bond acceptors (Lipinski definition) is 4. The van der Waals surface area contributed by atoms with Gasteiger partial charge in [-0.1, -0.05) is 0 Å². The molecule has 0 bridgehead atoms. The Balaban J connectivity index is 2.63. The van der Waals surface area contributed by atoms with Gasteiger partial charge < -0.3 is 20.1 Å². The number of aliphatic hydroxyl groups excluding tert-OH is 2. The van der Waals surface area contributed by atoms with Gasteiger partial charge in [0, 0.05) is 0 Å². The fourth-order valence-corrected chi connectivity index (χ4v) is 1.47. The summed E-state index contributed by atoms with van der Waals surface area (Å²) in [5.74, 6) is -2.73. The van der Waals surface area contributed by atoms with E-state index in [9.17, 15) is 4.39 Å². The van der Waals surface area contributed by atoms with Crippen molar-refractivity contribution in [3.8, 4) is 0 Å². The van der Waals surface area contributed by atoms with Crippen LogP contribution in [0.5, 0.6) is 0 Å². The van der Waals surface area contributed by atoms with E-state index in [1.165, 1.54) is 0 Å². The van der Waals surface area contributed by atoms with Crippen molar-refractivity contribution in [2.45, 2.75) is 22.2 Å². The summed E-state index contributed by atoms with van der Waals surface area (Å²) in [6.45, 7) is -0.598. The molecule has 1 aliphatic heterocycles. The zero-order valence-corrected chi connectivity index (χ0v) is 7.60. The third-order valence-corrected chi connectivity index (χ3v) is 2.22. The Morgan fingerprint density at radius 1 is 1.73 bits per heavy atom. The summed E-state index contributed by atoms with van der Waals surface area (Å²) in [6.07, 6.45) is -2.72. The minimum atomic E-state index is -2.73. The summed E-state index contributed by atoms with van der Waals surface area (Å²) in [5, 5.41) is 26.6. The number of rotatable bonds is 1. The molecule has 0 saturated carbocycles. The molecule has 1 unspecified atom stereocenters. The molecule has 11 heavy (non-hydrogen) atoms. The van der Waals surface area contributed by atoms with Gasteiger partial charge in [0.25, 0.3) is 5.85 Å². The van der Waals surface area contributed by atoms with Crippen LogP contribution in [0.1, 0.15) is 0 Å². The normalized spacial score (nSPS) is 47.7. The average molecular weight is 278 g/mol. The zero-order valence-electron chi connectivity index (χ0n) is 5.44. The molecule has 6 heteroatoms. The lowest BCUT2D eigenvalue weighted by atomic mass is 10.1. The van der Waals surface area contributed by atoms with Crippen molar-refractivity contribution in [1.82, 2.24) is 0 Å². The SMILES string of the molecule is OC(I)[C@@H]1OC[C@@](O)(F)[C@H]1O. The van der Waals surface area contributed by atoms with Gasteiger partial charge in [0.05, 0.1) is 0 Å². The van der Waals surface area contributed by atoms with E-state index in [1.807, 2.05) is 0 Å². The molecule has 0 aromatic rings. The van der Waals surface area contributed by atoms with Gasteiger partial charge in [0.15, 0.2) is 0 Å². The Labute approximate surface area is 76.1 Å². The van der Waals surface area contributed by atoms with E-state index >= 15 is 0 Å². The highest BCUT2D eigenvalue weighted by atomic mass is 127. The van der Waals surface area contributed by atoms with E-state index < -0.39 is 28.8 Å². The van der Waals surface area contributed by atoms with Gasteiger partial charge in [-0.3, -0.25) is 0 Å². The molecule has 0 aromatic heterocycles. The van der Waals surface area contributed by atoms with Crippen LogP contribution in [-0.4, -0.2) is 44.1 Å². The standard InChI is InChI=1S/C5H8FIO4/c6-5(10)1-11-2(3(5)8)4(7)9/h2-4,8-10H,1H2/t2-,3+,4?,5+/m1/s1. The third-order valence-electron chi connectivity index (χ3n) is 1.51. The summed E-state index contributed by atoms with van der Waals surface area (Å²) in [5.41, 5.74) is 0. The molecule has 1 fully saturated rings. The molecule has 3 N–H and O–H groups in total. The van der Waals surface area contributed by atoms with E-state index in [-0.39, 0.29) is 0 Å². The Morgan fingerprint density at radius 3 is 2.45 bits per heavy atom. The van der Waals surface area contributed by atoms with E-state index in [2.05, 4.69) is 4.74 Å². The summed E-state index contributed by atoms with van der Waals surface area (Å²) in [6, 6.07) is 0. The quantitative estimate of drug-likeness (QED) is 0.432. The minimum Gasteiger partial charge on any atom is -0.384 e. The van der Waals surface area contributed by atoms with Crippen LogP contribution >= 0.6 is 22.6 Å². The molecule has 0 amide bonds. The van der Waals surface area contributed by atoms with Gasteiger partial charge in [-0.15, -0.1) is 0 Å². The van der Waals surface area contributed by atoms with Crippen molar-refractivity contribution in [3.05, 3.63) is 0 Å². The van der Waals surface area contributed by atoms with Crippen LogP contribution in [-0.2, 0) is 4.74 Å². The first-order valence-electron chi connectivity index (χ1n) is 2.98. The molecular formula is C5H8FIO4. The van der Waals surface area contributed by atoms with Crippen molar-refractivity contribution in [2.24, 2.45) is 0 Å². The highest BCUT2D eigenvalue weighted by Crippen LogP contribution is 2.29. The Hall–Kier alpha value is 0.500. The van der Waals surface area contributed by atoms with Crippen LogP contribution in [0.15, 0.2) is 0 Å². The number of ether oxygens (including phenoxy) is 1. The van der Waals surface area contributed by atoms with Gasteiger partial charge in [-0.2, -0.15) is 0 Å². The predicted octanol–water partition coefficient (Wildman–Crippen LogP) is -0.842. The summed E-state index contributed by atoms with van der Waals surface area (Å²) >= 11 is 1.57. The van der Waals surface area contributed by atoms with Gasteiger partial charge in [0.1, 0.15) is 22.9 Å². The van der Waals surface area contributed by atoms with Gasteiger partial charge in [-0.25, -0.2) is 4.39 Å². The fourth-order valence-electron chi connectivity index (χ4n) is 0.871. The molecule has 0 radical (unpaired) electrons. The molecule has 1 heterocycles. The molecule has 1 saturated heterocycles. The van der Waals surface area contributed by atoms with Crippen LogP contribution in [0, 0.1) is 0 Å². The first kappa shape index (κ1) is 9.59. The number of alkyl halides is 2. The van der Waals surface area contributed by atoms with Crippen LogP contribution in [0.25, 0.3) is 0 Å². The number of aliphatic hydroxyl groups is 3. The van der Waals surface area contributed by atoms with E-state index in [0.29, 0.717) is 0 Å². The minimum absolute atomic E-state index is 0.598. The van der Waals surface area contributed by atoms with Crippen LogP contribution in [0.2, 0.25) is 0 Å². The Kier molecular flexibility index (Phi) is 2.70. The highest BCUT2D eigenvalue weighted by molar-refractivity contribution is 14.1. The van der Waals surface area contributed by atoms with Crippen LogP contribution < -0.4 is 0 Å². The first-order valence-corrected chi connectivity index (χ1v) is 4.23. The fraction of sp³-hybridized carbons (Fsp3) is 1.00. The largest absolute Gasteiger partial charge is 0.384 e. The summed E-state index contributed by atoms with van der Waals surface area (Å²) in [4.78, 5) is 0. The molecule has 4 nitrogen and oxygen atoms in total. The molecule has 66 valence electrons. The molecule has 1 aliphatic rings. The van der Waals surface area contributed by atoms with E-state index in [4.69, 9.17) is 15.3 Å². The van der Waals surface area contributed by atoms with Crippen molar-refractivity contribution in [2.75, 3.05) is 6.61 Å². The maximum Gasteiger partial charge on any atom is 0.259 e. The van der Waals surface area contributed by atoms with Crippen molar-refractivity contribution in [1.29, 1.82) is 0 Å². The van der Waals surface area contributed by atoms with Crippen molar-refractivity contribution in [3.63, 3.8) is 0 Å². The first-order chi connectivity index (χ1) is 4.95. The number of hydrogen-bond donors (Lipinski definition) is 3. The number of halogens is 2. The maximum atomic E-state index is 12.7. The predicted molar refractivity (Wildman–Crippen MR) is 41.8 cm³/mol. The molecule has 0 aliphatic carbocycles. The average Bonchev–Trinajstić information content (AvgIpc) is 2.09.